The summed E-state index contributed by atoms with van der Waals surface area (Å²) in [5.74, 6) is -0.518. The van der Waals surface area contributed by atoms with Crippen molar-refractivity contribution in [3.63, 3.8) is 0 Å². The Balaban J connectivity index is 1.57. The zero-order chi connectivity index (χ0) is 22.5. The summed E-state index contributed by atoms with van der Waals surface area (Å²) in [5, 5.41) is 8.79. The molecule has 3 fully saturated rings. The van der Waals surface area contributed by atoms with E-state index in [0.29, 0.717) is 23.8 Å². The molecule has 2 saturated heterocycles. The highest BCUT2D eigenvalue weighted by atomic mass is 16.7. The number of hydrogen-bond donors (Lipinski definition) is 1. The normalized spacial score (nSPS) is 28.8. The number of carboxylic acids is 1. The summed E-state index contributed by atoms with van der Waals surface area (Å²) in [6.45, 7) is 2.01. The van der Waals surface area contributed by atoms with Crippen molar-refractivity contribution in [2.75, 3.05) is 26.8 Å². The van der Waals surface area contributed by atoms with E-state index in [-0.39, 0.29) is 18.8 Å². The molecule has 170 valence electrons. The number of cyclic esters (lactones) is 1. The average molecular weight is 443 g/mol. The van der Waals surface area contributed by atoms with Gasteiger partial charge in [-0.15, -0.1) is 0 Å². The molecule has 2 aliphatic carbocycles. The van der Waals surface area contributed by atoms with E-state index in [1.54, 1.807) is 6.07 Å². The molecule has 1 saturated carbocycles. The van der Waals surface area contributed by atoms with E-state index >= 15 is 0 Å². The largest absolute Gasteiger partial charge is 0.508 e. The van der Waals surface area contributed by atoms with E-state index in [1.807, 2.05) is 6.07 Å². The Bertz CT molecular complexity index is 1000. The summed E-state index contributed by atoms with van der Waals surface area (Å²) in [4.78, 5) is 37.5. The number of carbonyl (C=O) groups is 3. The second kappa shape index (κ2) is 7.81. The van der Waals surface area contributed by atoms with E-state index in [9.17, 15) is 14.4 Å². The maximum atomic E-state index is 12.3. The number of benzene rings is 1. The van der Waals surface area contributed by atoms with Gasteiger partial charge in [-0.2, -0.15) is 0 Å². The van der Waals surface area contributed by atoms with Crippen LogP contribution in [0.15, 0.2) is 24.3 Å². The molecule has 0 unspecified atom stereocenters. The standard InChI is InChI=1S/C23H25NO8/c1-29-14-8-16-15(18(9-14)31-20(27)5-4-19(25)26)10-17-21-23(16,12-30-22(28)32-21)6-7-24(17)11-13-2-3-13/h4-5,8-9,13,17,21H,2-3,6-7,10-12H2,1H3,(H,25,26)/b5-4+/t17-,21+,23-/m1/s1. The molecule has 4 aliphatic rings. The fourth-order valence-corrected chi connectivity index (χ4v) is 5.32. The molecule has 5 rings (SSSR count). The molecule has 1 aromatic carbocycles. The number of rotatable bonds is 6. The predicted molar refractivity (Wildman–Crippen MR) is 110 cm³/mol. The molecule has 0 amide bonds. The highest BCUT2D eigenvalue weighted by Crippen LogP contribution is 2.52. The number of piperidine rings is 1. The molecule has 0 spiro atoms. The van der Waals surface area contributed by atoms with Gasteiger partial charge in [0.2, 0.25) is 0 Å². The number of ether oxygens (including phenoxy) is 4. The zero-order valence-corrected chi connectivity index (χ0v) is 17.7. The van der Waals surface area contributed by atoms with Crippen LogP contribution in [0.4, 0.5) is 4.79 Å². The highest BCUT2D eigenvalue weighted by Gasteiger charge is 2.59. The van der Waals surface area contributed by atoms with Crippen molar-refractivity contribution in [2.24, 2.45) is 5.92 Å². The molecule has 2 heterocycles. The lowest BCUT2D eigenvalue weighted by Gasteiger charge is -2.56. The Kier molecular flexibility index (Phi) is 5.08. The van der Waals surface area contributed by atoms with Crippen LogP contribution in [0.2, 0.25) is 0 Å². The van der Waals surface area contributed by atoms with Crippen molar-refractivity contribution in [3.05, 3.63) is 35.4 Å². The van der Waals surface area contributed by atoms with Crippen molar-refractivity contribution in [2.45, 2.75) is 43.2 Å². The second-order valence-corrected chi connectivity index (χ2v) is 8.94. The fourth-order valence-electron chi connectivity index (χ4n) is 5.32. The lowest BCUT2D eigenvalue weighted by atomic mass is 9.61. The van der Waals surface area contributed by atoms with E-state index in [0.717, 1.165) is 42.8 Å². The molecule has 0 aromatic heterocycles. The quantitative estimate of drug-likeness (QED) is 0.401. The first kappa shape index (κ1) is 20.8. The Morgan fingerprint density at radius 3 is 2.84 bits per heavy atom. The second-order valence-electron chi connectivity index (χ2n) is 8.94. The smallest absolute Gasteiger partial charge is 0.497 e. The molecule has 9 nitrogen and oxygen atoms in total. The number of esters is 1. The Morgan fingerprint density at radius 1 is 1.31 bits per heavy atom. The van der Waals surface area contributed by atoms with E-state index < -0.39 is 23.5 Å². The number of carbonyl (C=O) groups excluding carboxylic acids is 2. The number of methoxy groups -OCH3 is 1. The first-order chi connectivity index (χ1) is 15.4. The number of carboxylic acid groups (broad SMARTS) is 1. The van der Waals surface area contributed by atoms with E-state index in [2.05, 4.69) is 4.90 Å². The van der Waals surface area contributed by atoms with Crippen LogP contribution in [0.5, 0.6) is 11.5 Å². The van der Waals surface area contributed by atoms with Crippen molar-refractivity contribution in [3.8, 4) is 11.5 Å². The van der Waals surface area contributed by atoms with Gasteiger partial charge in [-0.25, -0.2) is 14.4 Å². The summed E-state index contributed by atoms with van der Waals surface area (Å²) in [5.41, 5.74) is 1.17. The molecule has 0 radical (unpaired) electrons. The number of aliphatic carboxylic acids is 1. The molecule has 2 aliphatic heterocycles. The van der Waals surface area contributed by atoms with Crippen molar-refractivity contribution in [1.29, 1.82) is 0 Å². The molecule has 32 heavy (non-hydrogen) atoms. The molecule has 9 heteroatoms. The van der Waals surface area contributed by atoms with Gasteiger partial charge < -0.3 is 24.1 Å². The Morgan fingerprint density at radius 2 is 2.12 bits per heavy atom. The first-order valence-corrected chi connectivity index (χ1v) is 10.8. The monoisotopic (exact) mass is 443 g/mol. The molecular formula is C23H25NO8. The van der Waals surface area contributed by atoms with Crippen LogP contribution in [-0.4, -0.2) is 67.1 Å². The predicted octanol–water partition coefficient (Wildman–Crippen LogP) is 2.05. The minimum atomic E-state index is -1.23. The lowest BCUT2D eigenvalue weighted by molar-refractivity contribution is -0.138. The summed E-state index contributed by atoms with van der Waals surface area (Å²) in [6, 6.07) is 3.49. The van der Waals surface area contributed by atoms with Gasteiger partial charge in [0.25, 0.3) is 0 Å². The van der Waals surface area contributed by atoms with Crippen LogP contribution < -0.4 is 9.47 Å². The van der Waals surface area contributed by atoms with E-state index in [1.165, 1.54) is 20.0 Å². The van der Waals surface area contributed by atoms with Crippen molar-refractivity contribution in [1.82, 2.24) is 4.90 Å². The van der Waals surface area contributed by atoms with Gasteiger partial charge in [-0.05, 0) is 49.8 Å². The third kappa shape index (κ3) is 3.60. The van der Waals surface area contributed by atoms with Crippen LogP contribution in [-0.2, 0) is 30.9 Å². The highest BCUT2D eigenvalue weighted by molar-refractivity contribution is 5.92. The number of fused-ring (bicyclic) bond motifs is 1. The zero-order valence-electron chi connectivity index (χ0n) is 17.7. The van der Waals surface area contributed by atoms with Gasteiger partial charge in [0.1, 0.15) is 24.2 Å². The molecule has 1 aromatic rings. The number of likely N-dealkylation sites (tertiary alicyclic amines) is 1. The van der Waals surface area contributed by atoms with Gasteiger partial charge in [-0.3, -0.25) is 4.90 Å². The summed E-state index contributed by atoms with van der Waals surface area (Å²) >= 11 is 0. The van der Waals surface area contributed by atoms with Crippen LogP contribution in [0.1, 0.15) is 30.4 Å². The summed E-state index contributed by atoms with van der Waals surface area (Å²) < 4.78 is 22.1. The minimum absolute atomic E-state index is 0.0508. The van der Waals surface area contributed by atoms with Crippen molar-refractivity contribution < 1.29 is 38.4 Å². The first-order valence-electron chi connectivity index (χ1n) is 10.8. The third-order valence-corrected chi connectivity index (χ3v) is 7.01. The maximum Gasteiger partial charge on any atom is 0.508 e. The van der Waals surface area contributed by atoms with Crippen LogP contribution in [0, 0.1) is 5.92 Å². The van der Waals surface area contributed by atoms with Gasteiger partial charge in [0.15, 0.2) is 0 Å². The fraction of sp³-hybridized carbons (Fsp3) is 0.522. The molecule has 1 N–H and O–H groups in total. The lowest BCUT2D eigenvalue weighted by Crippen LogP contribution is -2.68. The Hall–Kier alpha value is -3.07. The van der Waals surface area contributed by atoms with Crippen LogP contribution in [0.3, 0.4) is 0 Å². The summed E-state index contributed by atoms with van der Waals surface area (Å²) in [7, 11) is 1.52. The molecule has 3 atom stereocenters. The minimum Gasteiger partial charge on any atom is -0.497 e. The van der Waals surface area contributed by atoms with Crippen LogP contribution >= 0.6 is 0 Å². The topological polar surface area (TPSA) is 112 Å². The van der Waals surface area contributed by atoms with Crippen LogP contribution in [0.25, 0.3) is 0 Å². The Labute approximate surface area is 184 Å². The van der Waals surface area contributed by atoms with Gasteiger partial charge in [0.05, 0.1) is 18.6 Å². The van der Waals surface area contributed by atoms with Gasteiger partial charge >= 0.3 is 18.1 Å². The number of hydrogen-bond acceptors (Lipinski definition) is 8. The third-order valence-electron chi connectivity index (χ3n) is 7.01. The van der Waals surface area contributed by atoms with Gasteiger partial charge in [0, 0.05) is 30.3 Å². The van der Waals surface area contributed by atoms with E-state index in [4.69, 9.17) is 24.1 Å². The average Bonchev–Trinajstić information content (AvgIpc) is 3.58. The number of nitrogens with zero attached hydrogens (tertiary/aromatic N) is 1. The SMILES string of the molecule is COc1cc(OC(=O)/C=C/C(=O)O)c2c(c1)[C@]13CCN(CC4CC4)[C@H](C2)[C@@H]1OC(=O)OC3. The molecular weight excluding hydrogens is 418 g/mol. The van der Waals surface area contributed by atoms with Gasteiger partial charge in [-0.1, -0.05) is 0 Å². The summed E-state index contributed by atoms with van der Waals surface area (Å²) in [6.07, 6.45) is 4.32. The van der Waals surface area contributed by atoms with Crippen molar-refractivity contribution >= 4 is 18.1 Å². The maximum absolute atomic E-state index is 12.3. The molecule has 2 bridgehead atoms.